The van der Waals surface area contributed by atoms with Gasteiger partial charge in [-0.2, -0.15) is 0 Å². The Balaban J connectivity index is 3.40. The van der Waals surface area contributed by atoms with Crippen molar-refractivity contribution in [2.45, 2.75) is 17.2 Å². The normalized spacial score (nSPS) is 13.9. The van der Waals surface area contributed by atoms with E-state index in [0.29, 0.717) is 5.56 Å². The molecular weight excluding hydrogens is 276 g/mol. The van der Waals surface area contributed by atoms with Crippen LogP contribution in [-0.4, -0.2) is 13.4 Å². The molecule has 0 fully saturated rings. The summed E-state index contributed by atoms with van der Waals surface area (Å²) in [5.74, 6) is 0. The summed E-state index contributed by atoms with van der Waals surface area (Å²) in [4.78, 5) is 3.72. The van der Waals surface area contributed by atoms with E-state index in [9.17, 15) is 8.42 Å². The highest BCUT2D eigenvalue weighted by molar-refractivity contribution is 8.68. The summed E-state index contributed by atoms with van der Waals surface area (Å²) in [6.45, 7) is 1.80. The van der Waals surface area contributed by atoms with Gasteiger partial charge in [0.1, 0.15) is 5.15 Å². The summed E-state index contributed by atoms with van der Waals surface area (Å²) in [5, 5.41) is 4.81. The molecule has 0 saturated heterocycles. The Bertz CT molecular complexity index is 463. The molecule has 0 aliphatic heterocycles. The fourth-order valence-electron chi connectivity index (χ4n) is 1.02. The number of primary sulfonamides is 1. The zero-order chi connectivity index (χ0) is 11.6. The first-order valence-corrected chi connectivity index (χ1v) is 7.71. The van der Waals surface area contributed by atoms with Gasteiger partial charge in [0.05, 0.1) is 0 Å². The summed E-state index contributed by atoms with van der Waals surface area (Å²) in [6.07, 6.45) is 0. The molecule has 2 N–H and O–H groups in total. The van der Waals surface area contributed by atoms with Crippen LogP contribution < -0.4 is 5.14 Å². The van der Waals surface area contributed by atoms with Crippen molar-refractivity contribution < 1.29 is 8.42 Å². The van der Waals surface area contributed by atoms with Crippen LogP contribution >= 0.6 is 34.1 Å². The maximum absolute atomic E-state index is 11.2. The molecule has 4 nitrogen and oxygen atoms in total. The zero-order valence-electron chi connectivity index (χ0n) is 7.71. The second-order valence-corrected chi connectivity index (χ2v) is 6.24. The van der Waals surface area contributed by atoms with Crippen molar-refractivity contribution in [3.63, 3.8) is 0 Å². The highest BCUT2D eigenvalue weighted by Crippen LogP contribution is 2.34. The molecule has 0 saturated carbocycles. The molecule has 0 amide bonds. The smallest absolute Gasteiger partial charge is 0.223 e. The van der Waals surface area contributed by atoms with Gasteiger partial charge in [-0.1, -0.05) is 28.5 Å². The predicted octanol–water partition coefficient (Wildman–Crippen LogP) is 2.02. The molecule has 0 radical (unpaired) electrons. The maximum Gasteiger partial charge on any atom is 0.255 e. The molecule has 1 unspecified atom stereocenters. The molecule has 0 spiro atoms. The lowest BCUT2D eigenvalue weighted by Crippen LogP contribution is -2.17. The first-order chi connectivity index (χ1) is 6.86. The number of hydrogen-bond acceptors (Lipinski definition) is 5. The second kappa shape index (κ2) is 4.92. The summed E-state index contributed by atoms with van der Waals surface area (Å²) in [5.41, 5.74) is 0.502. The topological polar surface area (TPSA) is 73.0 Å². The fraction of sp³-hybridized carbons (Fsp3) is 0.286. The van der Waals surface area contributed by atoms with Crippen molar-refractivity contribution in [1.82, 2.24) is 4.98 Å². The molecule has 0 bridgehead atoms. The van der Waals surface area contributed by atoms with Crippen LogP contribution in [0.5, 0.6) is 0 Å². The molecule has 15 heavy (non-hydrogen) atoms. The van der Waals surface area contributed by atoms with E-state index < -0.39 is 10.0 Å². The lowest BCUT2D eigenvalue weighted by molar-refractivity contribution is 0.592. The lowest BCUT2D eigenvalue weighted by atomic mass is 10.2. The van der Waals surface area contributed by atoms with E-state index in [1.54, 1.807) is 13.0 Å². The Morgan fingerprint density at radius 3 is 2.67 bits per heavy atom. The molecule has 1 aromatic heterocycles. The molecule has 84 valence electrons. The number of rotatable bonds is 3. The first kappa shape index (κ1) is 13.1. The number of hydrogen-bond donors (Lipinski definition) is 2. The molecule has 1 aromatic rings. The highest BCUT2D eigenvalue weighted by Gasteiger charge is 2.20. The van der Waals surface area contributed by atoms with E-state index in [1.807, 2.05) is 0 Å². The van der Waals surface area contributed by atoms with Crippen molar-refractivity contribution in [2.24, 2.45) is 5.14 Å². The van der Waals surface area contributed by atoms with Crippen LogP contribution in [0.4, 0.5) is 0 Å². The number of sulfonamides is 1. The van der Waals surface area contributed by atoms with Gasteiger partial charge in [0, 0.05) is 10.8 Å². The van der Waals surface area contributed by atoms with Crippen LogP contribution in [0.25, 0.3) is 0 Å². The van der Waals surface area contributed by atoms with Crippen molar-refractivity contribution in [1.29, 1.82) is 0 Å². The van der Waals surface area contributed by atoms with E-state index in [0.717, 1.165) is 0 Å². The first-order valence-electron chi connectivity index (χ1n) is 3.85. The van der Waals surface area contributed by atoms with E-state index in [4.69, 9.17) is 16.7 Å². The molecular formula is C7H9ClN2O2S3. The standard InChI is InChI=1S/C7H9ClN2O2S3/c1-4(14-13)5-2-3-6(8)10-7(5)15(9,11)12/h2-4,13H,1H3,(H2,9,11,12). The van der Waals surface area contributed by atoms with Gasteiger partial charge >= 0.3 is 0 Å². The third-order valence-electron chi connectivity index (χ3n) is 1.72. The summed E-state index contributed by atoms with van der Waals surface area (Å²) >= 11 is 9.63. The average Bonchev–Trinajstić information content (AvgIpc) is 2.15. The highest BCUT2D eigenvalue weighted by atomic mass is 35.5. The molecule has 0 aliphatic rings. The summed E-state index contributed by atoms with van der Waals surface area (Å²) in [6, 6.07) is 3.11. The molecule has 1 heterocycles. The molecule has 0 aliphatic carbocycles. The number of nitrogens with two attached hydrogens (primary N) is 1. The summed E-state index contributed by atoms with van der Waals surface area (Å²) in [7, 11) is -2.65. The lowest BCUT2D eigenvalue weighted by Gasteiger charge is -2.11. The van der Waals surface area contributed by atoms with Crippen LogP contribution in [0.1, 0.15) is 17.7 Å². The second-order valence-electron chi connectivity index (χ2n) is 2.82. The van der Waals surface area contributed by atoms with Gasteiger partial charge in [-0.05, 0) is 13.0 Å². The predicted molar refractivity (Wildman–Crippen MR) is 65.6 cm³/mol. The number of halogens is 1. The minimum atomic E-state index is -3.85. The van der Waals surface area contributed by atoms with Crippen LogP contribution in [0.15, 0.2) is 17.2 Å². The minimum absolute atomic E-state index is 0.0964. The van der Waals surface area contributed by atoms with Crippen molar-refractivity contribution >= 4 is 44.1 Å². The SMILES string of the molecule is CC(SS)c1ccc(Cl)nc1S(N)(=O)=O. The van der Waals surface area contributed by atoms with Gasteiger partial charge in [0.15, 0.2) is 5.03 Å². The van der Waals surface area contributed by atoms with E-state index in [1.165, 1.54) is 16.9 Å². The number of aromatic nitrogens is 1. The fourth-order valence-corrected chi connectivity index (χ4v) is 2.74. The average molecular weight is 285 g/mol. The number of thiol groups is 1. The minimum Gasteiger partial charge on any atom is -0.223 e. The Morgan fingerprint density at radius 2 is 2.20 bits per heavy atom. The Morgan fingerprint density at radius 1 is 1.60 bits per heavy atom. The van der Waals surface area contributed by atoms with Crippen LogP contribution in [0.2, 0.25) is 5.15 Å². The Labute approximate surface area is 102 Å². The zero-order valence-corrected chi connectivity index (χ0v) is 11.0. The van der Waals surface area contributed by atoms with Crippen molar-refractivity contribution in [3.05, 3.63) is 22.8 Å². The maximum atomic E-state index is 11.2. The van der Waals surface area contributed by atoms with E-state index >= 15 is 0 Å². The third-order valence-corrected chi connectivity index (χ3v) is 4.32. The van der Waals surface area contributed by atoms with Crippen LogP contribution in [-0.2, 0) is 10.0 Å². The third kappa shape index (κ3) is 3.25. The van der Waals surface area contributed by atoms with Crippen LogP contribution in [0.3, 0.4) is 0 Å². The largest absolute Gasteiger partial charge is 0.255 e. The monoisotopic (exact) mass is 284 g/mol. The van der Waals surface area contributed by atoms with Gasteiger partial charge < -0.3 is 0 Å². The number of pyridine rings is 1. The molecule has 1 rings (SSSR count). The quantitative estimate of drug-likeness (QED) is 0.506. The Hall–Kier alpha value is 0.0500. The molecule has 1 atom stereocenters. The van der Waals surface area contributed by atoms with Crippen molar-refractivity contribution in [3.8, 4) is 0 Å². The van der Waals surface area contributed by atoms with Crippen LogP contribution in [0, 0.1) is 0 Å². The van der Waals surface area contributed by atoms with E-state index in [2.05, 4.69) is 16.6 Å². The van der Waals surface area contributed by atoms with Crippen molar-refractivity contribution in [2.75, 3.05) is 0 Å². The van der Waals surface area contributed by atoms with E-state index in [-0.39, 0.29) is 15.4 Å². The molecule has 0 aromatic carbocycles. The van der Waals surface area contributed by atoms with Gasteiger partial charge in [-0.25, -0.2) is 18.5 Å². The van der Waals surface area contributed by atoms with Gasteiger partial charge in [0.2, 0.25) is 0 Å². The van der Waals surface area contributed by atoms with Gasteiger partial charge in [0.25, 0.3) is 10.0 Å². The number of nitrogens with zero attached hydrogens (tertiary/aromatic N) is 1. The Kier molecular flexibility index (Phi) is 4.30. The summed E-state index contributed by atoms with van der Waals surface area (Å²) < 4.78 is 22.5. The van der Waals surface area contributed by atoms with Gasteiger partial charge in [-0.3, -0.25) is 0 Å². The molecule has 8 heteroatoms. The van der Waals surface area contributed by atoms with Gasteiger partial charge in [-0.15, -0.1) is 11.7 Å².